The van der Waals surface area contributed by atoms with Crippen molar-refractivity contribution in [3.63, 3.8) is 0 Å². The second kappa shape index (κ2) is 17.0. The van der Waals surface area contributed by atoms with Crippen LogP contribution in [0.2, 0.25) is 0 Å². The van der Waals surface area contributed by atoms with E-state index in [1.807, 2.05) is 13.8 Å². The second-order valence-corrected chi connectivity index (χ2v) is 15.0. The van der Waals surface area contributed by atoms with E-state index in [1.54, 1.807) is 4.90 Å². The lowest BCUT2D eigenvalue weighted by molar-refractivity contribution is -0.141. The van der Waals surface area contributed by atoms with E-state index in [2.05, 4.69) is 10.1 Å². The van der Waals surface area contributed by atoms with Gasteiger partial charge in [-0.1, -0.05) is 13.8 Å². The number of likely N-dealkylation sites (N-methyl/N-ethyl adjacent to an activating group) is 1. The van der Waals surface area contributed by atoms with Gasteiger partial charge in [-0.05, 0) is 71.1 Å². The molecule has 0 saturated heterocycles. The minimum absolute atomic E-state index is 0.0770. The molecule has 0 aromatic carbocycles. The summed E-state index contributed by atoms with van der Waals surface area (Å²) in [5.74, 6) is -3.64. The number of carbonyl (C=O) groups is 3. The molecule has 2 fully saturated rings. The molecule has 7 atom stereocenters. The summed E-state index contributed by atoms with van der Waals surface area (Å²) in [6.45, 7) is 7.87. The first-order valence-electron chi connectivity index (χ1n) is 15.6. The van der Waals surface area contributed by atoms with Crippen molar-refractivity contribution in [2.24, 2.45) is 29.4 Å². The Morgan fingerprint density at radius 1 is 0.930 bits per heavy atom. The molecule has 3 amide bonds. The number of hydrogen-bond acceptors (Lipinski definition) is 7. The minimum atomic E-state index is -3.70. The van der Waals surface area contributed by atoms with Gasteiger partial charge in [0, 0.05) is 50.9 Å². The van der Waals surface area contributed by atoms with Gasteiger partial charge in [0.1, 0.15) is 12.3 Å². The highest BCUT2D eigenvalue weighted by atomic mass is 32.2. The van der Waals surface area contributed by atoms with Crippen LogP contribution in [0, 0.1) is 23.7 Å². The number of aliphatic hydroxyl groups is 1. The largest absolute Gasteiger partial charge is 0.390 e. The number of alkyl halides is 2. The summed E-state index contributed by atoms with van der Waals surface area (Å²) in [5.41, 5.74) is 5.64. The van der Waals surface area contributed by atoms with Crippen LogP contribution in [-0.2, 0) is 24.4 Å². The van der Waals surface area contributed by atoms with Crippen molar-refractivity contribution >= 4 is 27.7 Å². The molecule has 250 valence electrons. The molecule has 0 aliphatic heterocycles. The Morgan fingerprint density at radius 2 is 1.47 bits per heavy atom. The Bertz CT molecular complexity index is 1020. The van der Waals surface area contributed by atoms with Gasteiger partial charge in [-0.3, -0.25) is 14.4 Å². The molecule has 0 aromatic rings. The lowest BCUT2D eigenvalue weighted by Crippen LogP contribution is -2.54. The summed E-state index contributed by atoms with van der Waals surface area (Å²) in [5, 5.41) is 14.5. The number of nitrogens with zero attached hydrogens (tertiary/aromatic N) is 2. The van der Waals surface area contributed by atoms with Crippen LogP contribution in [0.3, 0.4) is 0 Å². The van der Waals surface area contributed by atoms with Gasteiger partial charge < -0.3 is 21.1 Å². The first kappa shape index (κ1) is 37.3. The highest BCUT2D eigenvalue weighted by molar-refractivity contribution is 7.90. The third kappa shape index (κ3) is 11.5. The van der Waals surface area contributed by atoms with Crippen molar-refractivity contribution in [1.29, 1.82) is 0 Å². The van der Waals surface area contributed by atoms with Crippen LogP contribution in [0.5, 0.6) is 0 Å². The van der Waals surface area contributed by atoms with Crippen LogP contribution in [-0.4, -0.2) is 97.6 Å². The number of amides is 3. The summed E-state index contributed by atoms with van der Waals surface area (Å²) in [4.78, 5) is 43.5. The molecule has 0 bridgehead atoms. The van der Waals surface area contributed by atoms with Crippen molar-refractivity contribution in [2.45, 2.75) is 115 Å². The monoisotopic (exact) mass is 637 g/mol. The molecule has 0 radical (unpaired) electrons. The number of primary amides is 1. The number of hydrazine groups is 1. The lowest BCUT2D eigenvalue weighted by atomic mass is 9.73. The number of nitrogens with two attached hydrogens (primary N) is 1. The Kier molecular flexibility index (Phi) is 14.7. The predicted molar refractivity (Wildman–Crippen MR) is 160 cm³/mol. The van der Waals surface area contributed by atoms with Crippen LogP contribution < -0.4 is 15.9 Å². The Hall–Kier alpha value is -1.90. The van der Waals surface area contributed by atoms with Gasteiger partial charge in [0.05, 0.1) is 17.4 Å². The molecule has 2 saturated carbocycles. The molecular formula is C29H53F2N5O6S. The van der Waals surface area contributed by atoms with E-state index in [9.17, 15) is 36.7 Å². The molecule has 11 nitrogen and oxygen atoms in total. The number of carbonyl (C=O) groups excluding carboxylic acids is 3. The topological polar surface area (TPSA) is 162 Å². The number of halogens is 2. The average molecular weight is 638 g/mol. The third-order valence-electron chi connectivity index (χ3n) is 8.56. The first-order valence-corrected chi connectivity index (χ1v) is 17.2. The highest BCUT2D eigenvalue weighted by Crippen LogP contribution is 2.36. The maximum Gasteiger partial charge on any atom is 0.226 e. The zero-order valence-electron chi connectivity index (χ0n) is 26.3. The van der Waals surface area contributed by atoms with Crippen LogP contribution in [0.1, 0.15) is 85.5 Å². The predicted octanol–water partition coefficient (Wildman–Crippen LogP) is 2.04. The van der Waals surface area contributed by atoms with Crippen LogP contribution >= 0.6 is 0 Å². The van der Waals surface area contributed by atoms with Gasteiger partial charge in [0.2, 0.25) is 27.7 Å². The van der Waals surface area contributed by atoms with E-state index in [4.69, 9.17) is 5.73 Å². The molecule has 0 heterocycles. The Labute approximate surface area is 255 Å². The van der Waals surface area contributed by atoms with Crippen molar-refractivity contribution < 1.29 is 36.7 Å². The van der Waals surface area contributed by atoms with Crippen LogP contribution in [0.15, 0.2) is 0 Å². The smallest absolute Gasteiger partial charge is 0.226 e. The van der Waals surface area contributed by atoms with Crippen molar-refractivity contribution in [2.75, 3.05) is 26.7 Å². The second-order valence-electron chi connectivity index (χ2n) is 12.8. The lowest BCUT2D eigenvalue weighted by Gasteiger charge is -2.37. The number of sulfonamides is 1. The number of rotatable bonds is 16. The zero-order chi connectivity index (χ0) is 32.5. The summed E-state index contributed by atoms with van der Waals surface area (Å²) >= 11 is 0. The Morgan fingerprint density at radius 3 is 1.98 bits per heavy atom. The highest BCUT2D eigenvalue weighted by Gasteiger charge is 2.41. The van der Waals surface area contributed by atoms with Gasteiger partial charge in [-0.2, -0.15) is 0 Å². The molecule has 2 rings (SSSR count). The molecule has 0 aromatic heterocycles. The summed E-state index contributed by atoms with van der Waals surface area (Å²) in [6.07, 6.45) is -1.75. The van der Waals surface area contributed by atoms with Crippen molar-refractivity contribution in [3.05, 3.63) is 0 Å². The van der Waals surface area contributed by atoms with Gasteiger partial charge in [-0.25, -0.2) is 22.2 Å². The first-order chi connectivity index (χ1) is 20.1. The average Bonchev–Trinajstić information content (AvgIpc) is 2.90. The maximum atomic E-state index is 14.2. The third-order valence-corrected chi connectivity index (χ3v) is 10.4. The normalized spacial score (nSPS) is 28.0. The van der Waals surface area contributed by atoms with Crippen molar-refractivity contribution in [3.8, 4) is 0 Å². The molecular weight excluding hydrogens is 584 g/mol. The van der Waals surface area contributed by atoms with Crippen LogP contribution in [0.25, 0.3) is 0 Å². The molecule has 0 spiro atoms. The molecule has 2 aliphatic rings. The van der Waals surface area contributed by atoms with Gasteiger partial charge in [0.15, 0.2) is 0 Å². The molecule has 5 N–H and O–H groups in total. The van der Waals surface area contributed by atoms with E-state index in [0.717, 1.165) is 12.8 Å². The standard InChI is InChI=1S/C29H53F2N5O6S/c1-6-8-36(9-7-2)29(40)22-14-20(27(32)38)13-21(15-22)28(39)33-25(12-19-10-23(30)16-24(31)11-19)26(37)17-35(5)34-43(41,42)18(3)4/h18-26,34,37H,6-17H2,1-5H3,(H2,32,38)(H,33,39). The zero-order valence-corrected chi connectivity index (χ0v) is 27.1. The number of aliphatic hydroxyl groups excluding tert-OH is 1. The van der Waals surface area contributed by atoms with Crippen LogP contribution in [0.4, 0.5) is 8.78 Å². The van der Waals surface area contributed by atoms with E-state index < -0.39 is 75.2 Å². The Balaban J connectivity index is 2.25. The maximum absolute atomic E-state index is 14.2. The van der Waals surface area contributed by atoms with E-state index in [0.29, 0.717) is 13.1 Å². The molecule has 2 aliphatic carbocycles. The molecule has 14 heteroatoms. The summed E-state index contributed by atoms with van der Waals surface area (Å²) in [7, 11) is -2.26. The SMILES string of the molecule is CCCN(CCC)C(=O)C1CC(C(N)=O)CC(C(=O)NC(CC2CC(F)CC(F)C2)C(O)CN(C)NS(=O)(=O)C(C)C)C1. The summed E-state index contributed by atoms with van der Waals surface area (Å²) < 4.78 is 53.1. The summed E-state index contributed by atoms with van der Waals surface area (Å²) in [6, 6.07) is -0.958. The fourth-order valence-corrected chi connectivity index (χ4v) is 7.04. The number of hydrogen-bond donors (Lipinski definition) is 4. The minimum Gasteiger partial charge on any atom is -0.390 e. The fraction of sp³-hybridized carbons (Fsp3) is 0.897. The van der Waals surface area contributed by atoms with E-state index >= 15 is 0 Å². The van der Waals surface area contributed by atoms with E-state index in [1.165, 1.54) is 25.9 Å². The molecule has 43 heavy (non-hydrogen) atoms. The van der Waals surface area contributed by atoms with Crippen molar-refractivity contribution in [1.82, 2.24) is 20.1 Å². The fourth-order valence-electron chi connectivity index (χ4n) is 6.32. The van der Waals surface area contributed by atoms with E-state index in [-0.39, 0.29) is 57.4 Å². The number of nitrogens with one attached hydrogen (secondary N) is 2. The molecule has 7 unspecified atom stereocenters. The van der Waals surface area contributed by atoms with Gasteiger partial charge in [-0.15, -0.1) is 4.83 Å². The van der Waals surface area contributed by atoms with Gasteiger partial charge >= 0.3 is 0 Å². The quantitative estimate of drug-likeness (QED) is 0.188. The van der Waals surface area contributed by atoms with Gasteiger partial charge in [0.25, 0.3) is 0 Å².